The molecule has 0 aromatic carbocycles. The lowest BCUT2D eigenvalue weighted by Crippen LogP contribution is -2.58. The van der Waals surface area contributed by atoms with Gasteiger partial charge >= 0.3 is 0 Å². The van der Waals surface area contributed by atoms with Gasteiger partial charge < -0.3 is 13.4 Å². The molecule has 0 aromatic heterocycles. The van der Waals surface area contributed by atoms with E-state index in [0.717, 1.165) is 26.3 Å². The van der Waals surface area contributed by atoms with Crippen molar-refractivity contribution in [2.75, 3.05) is 26.3 Å². The fourth-order valence-corrected chi connectivity index (χ4v) is 6.72. The lowest BCUT2D eigenvalue weighted by Gasteiger charge is -2.47. The minimum atomic E-state index is -1.70. The molecule has 0 bridgehead atoms. The number of rotatable bonds is 9. The molecule has 0 aliphatic rings. The summed E-state index contributed by atoms with van der Waals surface area (Å²) < 4.78 is 15.8. The van der Waals surface area contributed by atoms with E-state index in [1.165, 1.54) is 0 Å². The summed E-state index contributed by atoms with van der Waals surface area (Å²) in [6.07, 6.45) is 0. The maximum Gasteiger partial charge on any atom is 0.192 e. The van der Waals surface area contributed by atoms with E-state index in [4.69, 9.17) is 8.85 Å². The van der Waals surface area contributed by atoms with Crippen molar-refractivity contribution in [2.45, 2.75) is 117 Å². The summed E-state index contributed by atoms with van der Waals surface area (Å²) in [6, 6.07) is 0. The van der Waals surface area contributed by atoms with Gasteiger partial charge in [0.25, 0.3) is 0 Å². The van der Waals surface area contributed by atoms with Crippen LogP contribution in [0.4, 0.5) is 0 Å². The first-order chi connectivity index (χ1) is 12.1. The SMILES string of the molecule is CC(C)(C)[Si](C)(C)OCCN(CCO[Si](C)(C)C(C)(C)C)[Si](C)(C)C(C)(C)C. The van der Waals surface area contributed by atoms with E-state index < -0.39 is 24.9 Å². The molecule has 0 aliphatic heterocycles. The van der Waals surface area contributed by atoms with Crippen LogP contribution in [0.5, 0.6) is 0 Å². The normalized spacial score (nSPS) is 15.4. The van der Waals surface area contributed by atoms with Gasteiger partial charge in [-0.05, 0) is 41.3 Å². The predicted molar refractivity (Wildman–Crippen MR) is 135 cm³/mol. The van der Waals surface area contributed by atoms with Gasteiger partial charge in [0.05, 0.1) is 0 Å². The first-order valence-electron chi connectivity index (χ1n) is 11.1. The lowest BCUT2D eigenvalue weighted by atomic mass is 10.2. The monoisotopic (exact) mass is 447 g/mol. The molecule has 3 nitrogen and oxygen atoms in total. The average molecular weight is 448 g/mol. The molecule has 0 atom stereocenters. The predicted octanol–water partition coefficient (Wildman–Crippen LogP) is 7.34. The molecule has 28 heavy (non-hydrogen) atoms. The van der Waals surface area contributed by atoms with Crippen LogP contribution >= 0.6 is 0 Å². The second-order valence-electron chi connectivity index (χ2n) is 13.0. The standard InChI is InChI=1S/C22H53NO2Si3/c1-20(2,3)26(10,11)23(16-18-24-27(12,13)21(4,5)6)17-19-25-28(14,15)22(7,8)9/h16-19H2,1-15H3. The van der Waals surface area contributed by atoms with Crippen LogP contribution in [0.15, 0.2) is 0 Å². The molecule has 0 radical (unpaired) electrons. The Kier molecular flexibility index (Phi) is 9.52. The van der Waals surface area contributed by atoms with Gasteiger partial charge in [-0.15, -0.1) is 0 Å². The molecule has 0 saturated heterocycles. The first-order valence-corrected chi connectivity index (χ1v) is 19.9. The number of nitrogens with zero attached hydrogens (tertiary/aromatic N) is 1. The van der Waals surface area contributed by atoms with Gasteiger partial charge in [0.1, 0.15) is 8.24 Å². The average Bonchev–Trinajstić information content (AvgIpc) is 2.41. The summed E-state index contributed by atoms with van der Waals surface area (Å²) in [7, 11) is -5.01. The van der Waals surface area contributed by atoms with Crippen molar-refractivity contribution in [3.8, 4) is 0 Å². The Labute approximate surface area is 181 Å². The second-order valence-corrected chi connectivity index (χ2v) is 27.9. The van der Waals surface area contributed by atoms with Crippen LogP contribution in [0.1, 0.15) is 62.3 Å². The van der Waals surface area contributed by atoms with Crippen LogP contribution in [0, 0.1) is 0 Å². The van der Waals surface area contributed by atoms with Crippen LogP contribution in [0.25, 0.3) is 0 Å². The third-order valence-electron chi connectivity index (χ3n) is 7.89. The topological polar surface area (TPSA) is 21.7 Å². The van der Waals surface area contributed by atoms with E-state index in [1.807, 2.05) is 0 Å². The molecule has 0 aliphatic carbocycles. The molecule has 0 aromatic rings. The van der Waals surface area contributed by atoms with Gasteiger partial charge in [0.2, 0.25) is 0 Å². The summed E-state index contributed by atoms with van der Waals surface area (Å²) in [6.45, 7) is 39.2. The van der Waals surface area contributed by atoms with Crippen molar-refractivity contribution in [2.24, 2.45) is 0 Å². The maximum atomic E-state index is 6.52. The molecule has 0 saturated carbocycles. The number of hydrogen-bond acceptors (Lipinski definition) is 3. The molecule has 6 heteroatoms. The van der Waals surface area contributed by atoms with Gasteiger partial charge in [-0.1, -0.05) is 75.4 Å². The van der Waals surface area contributed by atoms with Crippen LogP contribution in [-0.2, 0) is 8.85 Å². The highest BCUT2D eigenvalue weighted by atomic mass is 28.4. The smallest absolute Gasteiger partial charge is 0.192 e. The molecule has 0 fully saturated rings. The zero-order valence-electron chi connectivity index (χ0n) is 22.1. The van der Waals surface area contributed by atoms with E-state index in [9.17, 15) is 0 Å². The molecular weight excluding hydrogens is 395 g/mol. The van der Waals surface area contributed by atoms with E-state index in [2.05, 4.69) is 106 Å². The molecule has 0 rings (SSSR count). The molecular formula is C22H53NO2Si3. The van der Waals surface area contributed by atoms with Gasteiger partial charge in [0.15, 0.2) is 16.6 Å². The summed E-state index contributed by atoms with van der Waals surface area (Å²) >= 11 is 0. The van der Waals surface area contributed by atoms with Crippen LogP contribution in [0.3, 0.4) is 0 Å². The summed E-state index contributed by atoms with van der Waals surface area (Å²) in [5, 5.41) is 0.849. The molecule has 0 spiro atoms. The van der Waals surface area contributed by atoms with E-state index in [-0.39, 0.29) is 10.1 Å². The van der Waals surface area contributed by atoms with Crippen LogP contribution in [-0.4, -0.2) is 55.7 Å². The summed E-state index contributed by atoms with van der Waals surface area (Å²) in [5.41, 5.74) is 0. The summed E-state index contributed by atoms with van der Waals surface area (Å²) in [5.74, 6) is 0. The Bertz CT molecular complexity index is 451. The fourth-order valence-electron chi connectivity index (χ4n) is 2.40. The third-order valence-corrected chi connectivity index (χ3v) is 22.7. The molecule has 170 valence electrons. The highest BCUT2D eigenvalue weighted by molar-refractivity contribution is 6.77. The second kappa shape index (κ2) is 9.35. The lowest BCUT2D eigenvalue weighted by molar-refractivity contribution is 0.211. The zero-order chi connectivity index (χ0) is 22.8. The minimum absolute atomic E-state index is 0.264. The van der Waals surface area contributed by atoms with Crippen molar-refractivity contribution < 1.29 is 8.85 Å². The van der Waals surface area contributed by atoms with Gasteiger partial charge in [0, 0.05) is 26.3 Å². The fraction of sp³-hybridized carbons (Fsp3) is 1.00. The Morgan fingerprint density at radius 2 is 0.821 bits per heavy atom. The quantitative estimate of drug-likeness (QED) is 0.345. The van der Waals surface area contributed by atoms with Crippen LogP contribution in [0.2, 0.25) is 54.4 Å². The van der Waals surface area contributed by atoms with Crippen molar-refractivity contribution in [3.63, 3.8) is 0 Å². The molecule has 0 heterocycles. The van der Waals surface area contributed by atoms with E-state index in [1.54, 1.807) is 0 Å². The van der Waals surface area contributed by atoms with Gasteiger partial charge in [-0.2, -0.15) is 0 Å². The highest BCUT2D eigenvalue weighted by Crippen LogP contribution is 2.40. The van der Waals surface area contributed by atoms with E-state index in [0.29, 0.717) is 5.04 Å². The summed E-state index contributed by atoms with van der Waals surface area (Å²) in [4.78, 5) is 0. The van der Waals surface area contributed by atoms with Crippen molar-refractivity contribution in [1.29, 1.82) is 0 Å². The van der Waals surface area contributed by atoms with Crippen molar-refractivity contribution in [1.82, 2.24) is 4.57 Å². The largest absolute Gasteiger partial charge is 0.416 e. The van der Waals surface area contributed by atoms with Crippen molar-refractivity contribution >= 4 is 24.9 Å². The molecule has 0 amide bonds. The molecule has 0 N–H and O–H groups in total. The highest BCUT2D eigenvalue weighted by Gasteiger charge is 2.42. The Morgan fingerprint density at radius 1 is 0.536 bits per heavy atom. The Hall–Kier alpha value is 0.531. The molecule has 0 unspecified atom stereocenters. The first kappa shape index (κ1) is 28.5. The Morgan fingerprint density at radius 3 is 1.04 bits per heavy atom. The Balaban J connectivity index is 5.16. The third kappa shape index (κ3) is 7.65. The van der Waals surface area contributed by atoms with Gasteiger partial charge in [-0.3, -0.25) is 0 Å². The maximum absolute atomic E-state index is 6.52. The zero-order valence-corrected chi connectivity index (χ0v) is 25.1. The van der Waals surface area contributed by atoms with Crippen LogP contribution < -0.4 is 0 Å². The van der Waals surface area contributed by atoms with E-state index >= 15 is 0 Å². The van der Waals surface area contributed by atoms with Gasteiger partial charge in [-0.25, -0.2) is 0 Å². The minimum Gasteiger partial charge on any atom is -0.416 e. The number of hydrogen-bond donors (Lipinski definition) is 0. The van der Waals surface area contributed by atoms with Crippen molar-refractivity contribution in [3.05, 3.63) is 0 Å².